The highest BCUT2D eigenvalue weighted by Crippen LogP contribution is 2.34. The van der Waals surface area contributed by atoms with E-state index in [1.165, 1.54) is 42.3 Å². The monoisotopic (exact) mass is 316 g/mol. The van der Waals surface area contributed by atoms with Crippen LogP contribution in [-0.4, -0.2) is 25.7 Å². The lowest BCUT2D eigenvalue weighted by Crippen LogP contribution is -2.18. The number of nitrogens with two attached hydrogens (primary N) is 1. The van der Waals surface area contributed by atoms with E-state index in [0.29, 0.717) is 5.69 Å². The Morgan fingerprint density at radius 1 is 1.37 bits per heavy atom. The first-order chi connectivity index (χ1) is 8.92. The zero-order valence-corrected chi connectivity index (χ0v) is 12.7. The molecule has 6 nitrogen and oxygen atoms in total. The van der Waals surface area contributed by atoms with Gasteiger partial charge in [0.05, 0.1) is 4.90 Å². The molecular weight excluding hydrogens is 304 g/mol. The maximum Gasteiger partial charge on any atom is 0.240 e. The molecule has 1 aromatic heterocycles. The first-order valence-electron chi connectivity index (χ1n) is 5.23. The number of nitrogens with zero attached hydrogens (tertiary/aromatic N) is 2. The van der Waals surface area contributed by atoms with Crippen molar-refractivity contribution in [3.63, 3.8) is 0 Å². The summed E-state index contributed by atoms with van der Waals surface area (Å²) < 4.78 is 26.3. The first kappa shape index (κ1) is 14.3. The fourth-order valence-electron chi connectivity index (χ4n) is 1.32. The molecule has 0 saturated carbocycles. The second-order valence-corrected chi connectivity index (χ2v) is 7.95. The molecule has 1 heterocycles. The van der Waals surface area contributed by atoms with E-state index < -0.39 is 10.0 Å². The van der Waals surface area contributed by atoms with Crippen molar-refractivity contribution < 1.29 is 8.42 Å². The predicted octanol–water partition coefficient (Wildman–Crippen LogP) is 1.49. The molecule has 19 heavy (non-hydrogen) atoms. The van der Waals surface area contributed by atoms with Gasteiger partial charge in [-0.2, -0.15) is 0 Å². The van der Waals surface area contributed by atoms with Crippen molar-refractivity contribution in [2.75, 3.05) is 12.8 Å². The maximum atomic E-state index is 11.6. The minimum absolute atomic E-state index is 0.144. The minimum atomic E-state index is -3.47. The highest BCUT2D eigenvalue weighted by molar-refractivity contribution is 8.01. The second kappa shape index (κ2) is 5.45. The van der Waals surface area contributed by atoms with Gasteiger partial charge >= 0.3 is 0 Å². The summed E-state index contributed by atoms with van der Waals surface area (Å²) in [5.41, 5.74) is 6.27. The Kier molecular flexibility index (Phi) is 4.09. The Hall–Kier alpha value is -1.16. The summed E-state index contributed by atoms with van der Waals surface area (Å²) in [4.78, 5) is 0.900. The molecular formula is C10H12N4O2S3. The molecule has 9 heteroatoms. The lowest BCUT2D eigenvalue weighted by atomic mass is 10.3. The summed E-state index contributed by atoms with van der Waals surface area (Å²) in [5.74, 6) is 0. The van der Waals surface area contributed by atoms with Gasteiger partial charge in [0.1, 0.15) is 5.01 Å². The van der Waals surface area contributed by atoms with Crippen LogP contribution in [0.1, 0.15) is 5.01 Å². The van der Waals surface area contributed by atoms with E-state index in [4.69, 9.17) is 5.73 Å². The molecule has 0 bridgehead atoms. The minimum Gasteiger partial charge on any atom is -0.398 e. The van der Waals surface area contributed by atoms with Crippen molar-refractivity contribution in [2.24, 2.45) is 0 Å². The van der Waals surface area contributed by atoms with E-state index in [-0.39, 0.29) is 4.90 Å². The number of hydrogen-bond acceptors (Lipinski definition) is 7. The van der Waals surface area contributed by atoms with E-state index in [9.17, 15) is 8.42 Å². The van der Waals surface area contributed by atoms with Crippen LogP contribution >= 0.6 is 23.1 Å². The Balaban J connectivity index is 2.30. The number of benzene rings is 1. The fourth-order valence-corrected chi connectivity index (χ4v) is 3.88. The van der Waals surface area contributed by atoms with Crippen molar-refractivity contribution in [1.29, 1.82) is 0 Å². The molecule has 0 radical (unpaired) electrons. The van der Waals surface area contributed by atoms with Crippen LogP contribution in [0.3, 0.4) is 0 Å². The molecule has 0 unspecified atom stereocenters. The summed E-state index contributed by atoms with van der Waals surface area (Å²) >= 11 is 2.83. The molecule has 2 rings (SSSR count). The number of nitrogen functional groups attached to an aromatic ring is 1. The van der Waals surface area contributed by atoms with Crippen molar-refractivity contribution in [3.8, 4) is 0 Å². The molecule has 0 fully saturated rings. The lowest BCUT2D eigenvalue weighted by Gasteiger charge is -2.06. The number of aryl methyl sites for hydroxylation is 1. The zero-order valence-electron chi connectivity index (χ0n) is 10.2. The van der Waals surface area contributed by atoms with Crippen LogP contribution in [0.15, 0.2) is 32.3 Å². The van der Waals surface area contributed by atoms with E-state index in [2.05, 4.69) is 14.9 Å². The smallest absolute Gasteiger partial charge is 0.240 e. The van der Waals surface area contributed by atoms with Gasteiger partial charge in [-0.3, -0.25) is 0 Å². The van der Waals surface area contributed by atoms with Gasteiger partial charge in [0.25, 0.3) is 0 Å². The van der Waals surface area contributed by atoms with Gasteiger partial charge in [-0.25, -0.2) is 13.1 Å². The fraction of sp³-hybridized carbons (Fsp3) is 0.200. The molecule has 1 aromatic carbocycles. The number of anilines is 1. The quantitative estimate of drug-likeness (QED) is 0.829. The third kappa shape index (κ3) is 3.24. The third-order valence-electron chi connectivity index (χ3n) is 2.27. The van der Waals surface area contributed by atoms with Crippen LogP contribution in [0.2, 0.25) is 0 Å². The van der Waals surface area contributed by atoms with E-state index in [1.54, 1.807) is 6.07 Å². The summed E-state index contributed by atoms with van der Waals surface area (Å²) in [6, 6.07) is 4.61. The predicted molar refractivity (Wildman–Crippen MR) is 75.9 cm³/mol. The van der Waals surface area contributed by atoms with Crippen LogP contribution in [0.25, 0.3) is 0 Å². The standard InChI is InChI=1S/C10H12N4O2S3/c1-6-13-14-10(17-6)18-9-4-3-7(5-8(9)11)19(15,16)12-2/h3-5,12H,11H2,1-2H3. The SMILES string of the molecule is CNS(=O)(=O)c1ccc(Sc2nnc(C)s2)c(N)c1. The van der Waals surface area contributed by atoms with Crippen LogP contribution in [0, 0.1) is 6.92 Å². The molecule has 0 amide bonds. The molecule has 0 atom stereocenters. The first-order valence-corrected chi connectivity index (χ1v) is 8.35. The molecule has 2 aromatic rings. The Labute approximate surface area is 119 Å². The van der Waals surface area contributed by atoms with Gasteiger partial charge in [0.15, 0.2) is 4.34 Å². The van der Waals surface area contributed by atoms with E-state index in [1.807, 2.05) is 6.92 Å². The average Bonchev–Trinajstić information content (AvgIpc) is 2.77. The van der Waals surface area contributed by atoms with Crippen LogP contribution in [0.5, 0.6) is 0 Å². The molecule has 0 aliphatic carbocycles. The number of hydrogen-bond donors (Lipinski definition) is 2. The maximum absolute atomic E-state index is 11.6. The highest BCUT2D eigenvalue weighted by Gasteiger charge is 2.14. The Morgan fingerprint density at radius 3 is 2.63 bits per heavy atom. The van der Waals surface area contributed by atoms with E-state index in [0.717, 1.165) is 14.2 Å². The van der Waals surface area contributed by atoms with E-state index >= 15 is 0 Å². The summed E-state index contributed by atoms with van der Waals surface area (Å²) in [6.07, 6.45) is 0. The number of nitrogens with one attached hydrogen (secondary N) is 1. The summed E-state index contributed by atoms with van der Waals surface area (Å²) in [7, 11) is -2.11. The summed E-state index contributed by atoms with van der Waals surface area (Å²) in [5, 5.41) is 8.77. The number of aromatic nitrogens is 2. The van der Waals surface area contributed by atoms with Crippen LogP contribution in [0.4, 0.5) is 5.69 Å². The molecule has 0 spiro atoms. The third-order valence-corrected chi connectivity index (χ3v) is 5.66. The molecule has 3 N–H and O–H groups in total. The van der Waals surface area contributed by atoms with Crippen LogP contribution < -0.4 is 10.5 Å². The van der Waals surface area contributed by atoms with Gasteiger partial charge in [0, 0.05) is 10.6 Å². The van der Waals surface area contributed by atoms with Gasteiger partial charge < -0.3 is 5.73 Å². The highest BCUT2D eigenvalue weighted by atomic mass is 32.2. The topological polar surface area (TPSA) is 98.0 Å². The molecule has 0 saturated heterocycles. The van der Waals surface area contributed by atoms with Crippen molar-refractivity contribution >= 4 is 38.8 Å². The van der Waals surface area contributed by atoms with Gasteiger partial charge in [-0.15, -0.1) is 10.2 Å². The van der Waals surface area contributed by atoms with Crippen LogP contribution in [-0.2, 0) is 10.0 Å². The zero-order chi connectivity index (χ0) is 14.0. The Bertz CT molecular complexity index is 697. The van der Waals surface area contributed by atoms with Gasteiger partial charge in [-0.1, -0.05) is 23.1 Å². The van der Waals surface area contributed by atoms with Gasteiger partial charge in [-0.05, 0) is 32.2 Å². The number of rotatable bonds is 4. The van der Waals surface area contributed by atoms with Crippen molar-refractivity contribution in [3.05, 3.63) is 23.2 Å². The molecule has 0 aliphatic rings. The number of sulfonamides is 1. The van der Waals surface area contributed by atoms with Gasteiger partial charge in [0.2, 0.25) is 10.0 Å². The van der Waals surface area contributed by atoms with Crippen molar-refractivity contribution in [2.45, 2.75) is 21.1 Å². The summed E-state index contributed by atoms with van der Waals surface area (Å²) in [6.45, 7) is 1.87. The molecule has 102 valence electrons. The van der Waals surface area contributed by atoms with Crippen molar-refractivity contribution in [1.82, 2.24) is 14.9 Å². The molecule has 0 aliphatic heterocycles. The second-order valence-electron chi connectivity index (χ2n) is 3.60. The normalized spacial score (nSPS) is 11.7. The lowest BCUT2D eigenvalue weighted by molar-refractivity contribution is 0.588. The average molecular weight is 316 g/mol. The largest absolute Gasteiger partial charge is 0.398 e. The Morgan fingerprint density at radius 2 is 2.11 bits per heavy atom.